The summed E-state index contributed by atoms with van der Waals surface area (Å²) in [6.45, 7) is 0. The topological polar surface area (TPSA) is 46.5 Å². The molecule has 2 rings (SSSR count). The highest BCUT2D eigenvalue weighted by atomic mass is 19.1. The molecule has 0 unspecified atom stereocenters. The molecule has 0 amide bonds. The first-order valence-corrected chi connectivity index (χ1v) is 4.92. The fraction of sp³-hybridized carbons (Fsp3) is 0. The Hall–Kier alpha value is -2.36. The second-order valence-electron chi connectivity index (χ2n) is 3.35. The van der Waals surface area contributed by atoms with Crippen LogP contribution >= 0.6 is 0 Å². The molecule has 0 saturated heterocycles. The minimum atomic E-state index is -0.535. The Kier molecular flexibility index (Phi) is 3.05. The molecule has 0 fully saturated rings. The van der Waals surface area contributed by atoms with Crippen molar-refractivity contribution in [2.75, 3.05) is 0 Å². The standard InChI is InChI=1S/C13H9FO3/c14-9-5-7-10(8-6-9)17-12-4-2-1-3-11(15)13(12)16/h1-8H,(H,15,16). The first-order valence-electron chi connectivity index (χ1n) is 4.92. The van der Waals surface area contributed by atoms with E-state index >= 15 is 0 Å². The number of ether oxygens (including phenoxy) is 1. The maximum absolute atomic E-state index is 12.7. The first kappa shape index (κ1) is 11.1. The highest BCUT2D eigenvalue weighted by Crippen LogP contribution is 2.26. The average Bonchev–Trinajstić information content (AvgIpc) is 2.48. The Labute approximate surface area is 96.7 Å². The van der Waals surface area contributed by atoms with Crippen LogP contribution in [0, 0.1) is 5.82 Å². The molecule has 0 spiro atoms. The number of aromatic hydroxyl groups is 1. The summed E-state index contributed by atoms with van der Waals surface area (Å²) in [6.07, 6.45) is 0. The summed E-state index contributed by atoms with van der Waals surface area (Å²) < 4.78 is 18.0. The predicted octanol–water partition coefficient (Wildman–Crippen LogP) is 2.68. The lowest BCUT2D eigenvalue weighted by molar-refractivity contribution is 0.409. The van der Waals surface area contributed by atoms with Gasteiger partial charge in [0.1, 0.15) is 11.6 Å². The minimum Gasteiger partial charge on any atom is -0.502 e. The van der Waals surface area contributed by atoms with Gasteiger partial charge in [-0.1, -0.05) is 12.1 Å². The monoisotopic (exact) mass is 232 g/mol. The third kappa shape index (κ3) is 2.60. The zero-order valence-corrected chi connectivity index (χ0v) is 8.76. The molecule has 0 aromatic heterocycles. The molecule has 0 aliphatic heterocycles. The van der Waals surface area contributed by atoms with E-state index in [0.29, 0.717) is 5.75 Å². The first-order chi connectivity index (χ1) is 8.16. The normalized spacial score (nSPS) is 9.94. The molecule has 1 N–H and O–H groups in total. The van der Waals surface area contributed by atoms with E-state index in [9.17, 15) is 14.3 Å². The Morgan fingerprint density at radius 3 is 2.35 bits per heavy atom. The van der Waals surface area contributed by atoms with Crippen molar-refractivity contribution in [2.45, 2.75) is 0 Å². The van der Waals surface area contributed by atoms with E-state index in [0.717, 1.165) is 0 Å². The third-order valence-electron chi connectivity index (χ3n) is 2.11. The summed E-state index contributed by atoms with van der Waals surface area (Å²) in [6, 6.07) is 11.0. The molecule has 0 aliphatic carbocycles. The zero-order chi connectivity index (χ0) is 12.3. The quantitative estimate of drug-likeness (QED) is 0.865. The fourth-order valence-corrected chi connectivity index (χ4v) is 1.28. The SMILES string of the molecule is O=c1ccccc(Oc2ccc(F)cc2)c1O. The van der Waals surface area contributed by atoms with E-state index in [2.05, 4.69) is 0 Å². The number of hydrogen-bond donors (Lipinski definition) is 1. The van der Waals surface area contributed by atoms with Crippen molar-refractivity contribution in [1.29, 1.82) is 0 Å². The lowest BCUT2D eigenvalue weighted by Gasteiger charge is -2.04. The zero-order valence-electron chi connectivity index (χ0n) is 8.76. The van der Waals surface area contributed by atoms with Crippen LogP contribution in [0.15, 0.2) is 53.3 Å². The van der Waals surface area contributed by atoms with E-state index in [1.54, 1.807) is 6.07 Å². The van der Waals surface area contributed by atoms with Gasteiger partial charge in [-0.05, 0) is 36.4 Å². The van der Waals surface area contributed by atoms with Gasteiger partial charge >= 0.3 is 0 Å². The van der Waals surface area contributed by atoms with Crippen LogP contribution in [-0.4, -0.2) is 5.11 Å². The third-order valence-corrected chi connectivity index (χ3v) is 2.11. The van der Waals surface area contributed by atoms with Crippen LogP contribution in [0.25, 0.3) is 0 Å². The van der Waals surface area contributed by atoms with Crippen LogP contribution in [0.5, 0.6) is 17.2 Å². The highest BCUT2D eigenvalue weighted by molar-refractivity contribution is 5.40. The van der Waals surface area contributed by atoms with E-state index in [1.165, 1.54) is 42.5 Å². The van der Waals surface area contributed by atoms with Crippen molar-refractivity contribution in [3.8, 4) is 17.2 Å². The van der Waals surface area contributed by atoms with Crippen molar-refractivity contribution >= 4 is 0 Å². The van der Waals surface area contributed by atoms with Gasteiger partial charge in [0.05, 0.1) is 0 Å². The van der Waals surface area contributed by atoms with Gasteiger partial charge in [-0.25, -0.2) is 4.39 Å². The van der Waals surface area contributed by atoms with E-state index in [1.807, 2.05) is 0 Å². The van der Waals surface area contributed by atoms with Crippen LogP contribution in [0.2, 0.25) is 0 Å². The molecule has 0 aliphatic rings. The van der Waals surface area contributed by atoms with Gasteiger partial charge in [-0.15, -0.1) is 0 Å². The minimum absolute atomic E-state index is 0.0339. The molecule has 0 radical (unpaired) electrons. The molecule has 86 valence electrons. The van der Waals surface area contributed by atoms with Gasteiger partial charge in [0, 0.05) is 0 Å². The summed E-state index contributed by atoms with van der Waals surface area (Å²) in [5.41, 5.74) is -0.535. The molecule has 17 heavy (non-hydrogen) atoms. The summed E-state index contributed by atoms with van der Waals surface area (Å²) in [5.74, 6) is -0.483. The Morgan fingerprint density at radius 2 is 1.65 bits per heavy atom. The lowest BCUT2D eigenvalue weighted by atomic mass is 10.3. The van der Waals surface area contributed by atoms with Gasteiger partial charge in [0.25, 0.3) is 0 Å². The van der Waals surface area contributed by atoms with E-state index < -0.39 is 11.2 Å². The van der Waals surface area contributed by atoms with Gasteiger partial charge in [0.2, 0.25) is 11.2 Å². The van der Waals surface area contributed by atoms with Crippen LogP contribution in [0.3, 0.4) is 0 Å². The Bertz CT molecular complexity index is 579. The molecular formula is C13H9FO3. The van der Waals surface area contributed by atoms with Crippen molar-refractivity contribution in [3.63, 3.8) is 0 Å². The Morgan fingerprint density at radius 1 is 1.00 bits per heavy atom. The summed E-state index contributed by atoms with van der Waals surface area (Å²) in [4.78, 5) is 11.3. The second-order valence-corrected chi connectivity index (χ2v) is 3.35. The fourth-order valence-electron chi connectivity index (χ4n) is 1.28. The van der Waals surface area contributed by atoms with Crippen molar-refractivity contribution < 1.29 is 14.2 Å². The summed E-state index contributed by atoms with van der Waals surface area (Å²) >= 11 is 0. The van der Waals surface area contributed by atoms with Gasteiger partial charge in [0.15, 0.2) is 5.75 Å². The number of benzene rings is 1. The number of rotatable bonds is 2. The molecule has 2 aromatic rings. The number of halogens is 1. The van der Waals surface area contributed by atoms with Crippen LogP contribution in [0.4, 0.5) is 4.39 Å². The van der Waals surface area contributed by atoms with Gasteiger partial charge in [-0.2, -0.15) is 0 Å². The summed E-state index contributed by atoms with van der Waals surface area (Å²) in [5, 5.41) is 9.56. The molecule has 0 bridgehead atoms. The van der Waals surface area contributed by atoms with Crippen molar-refractivity contribution in [2.24, 2.45) is 0 Å². The van der Waals surface area contributed by atoms with Crippen molar-refractivity contribution in [3.05, 3.63) is 64.6 Å². The molecule has 0 heterocycles. The Balaban J connectivity index is 2.37. The second kappa shape index (κ2) is 4.65. The lowest BCUT2D eigenvalue weighted by Crippen LogP contribution is -1.95. The van der Waals surface area contributed by atoms with Gasteiger partial charge in [-0.3, -0.25) is 4.79 Å². The van der Waals surface area contributed by atoms with Crippen LogP contribution in [0.1, 0.15) is 0 Å². The van der Waals surface area contributed by atoms with Gasteiger partial charge < -0.3 is 9.84 Å². The summed E-state index contributed by atoms with van der Waals surface area (Å²) in [7, 11) is 0. The van der Waals surface area contributed by atoms with Crippen LogP contribution in [-0.2, 0) is 0 Å². The largest absolute Gasteiger partial charge is 0.502 e. The number of hydrogen-bond acceptors (Lipinski definition) is 3. The molecule has 3 nitrogen and oxygen atoms in total. The maximum Gasteiger partial charge on any atom is 0.224 e. The molecule has 2 aromatic carbocycles. The average molecular weight is 232 g/mol. The van der Waals surface area contributed by atoms with E-state index in [-0.39, 0.29) is 11.6 Å². The maximum atomic E-state index is 12.7. The smallest absolute Gasteiger partial charge is 0.224 e. The van der Waals surface area contributed by atoms with E-state index in [4.69, 9.17) is 4.74 Å². The molecular weight excluding hydrogens is 223 g/mol. The highest BCUT2D eigenvalue weighted by Gasteiger charge is 2.05. The van der Waals surface area contributed by atoms with Crippen molar-refractivity contribution in [1.82, 2.24) is 0 Å². The molecule has 4 heteroatoms. The molecule has 0 atom stereocenters. The molecule has 0 saturated carbocycles. The predicted molar refractivity (Wildman–Crippen MR) is 60.9 cm³/mol. The van der Waals surface area contributed by atoms with Crippen LogP contribution < -0.4 is 10.2 Å².